The van der Waals surface area contributed by atoms with Gasteiger partial charge >= 0.3 is 18.9 Å². The van der Waals surface area contributed by atoms with Gasteiger partial charge in [-0.25, -0.2) is 0 Å². The van der Waals surface area contributed by atoms with Gasteiger partial charge < -0.3 is 0 Å². The molecule has 0 heterocycles. The van der Waals surface area contributed by atoms with E-state index in [1.54, 1.807) is 0 Å². The van der Waals surface area contributed by atoms with E-state index in [-0.39, 0.29) is 27.8 Å². The maximum absolute atomic E-state index is 12.4. The Hall–Kier alpha value is 0.637. The smallest absolute Gasteiger partial charge is 0.283 e. The average molecular weight is 278 g/mol. The van der Waals surface area contributed by atoms with Crippen LogP contribution in [0.25, 0.3) is 0 Å². The van der Waals surface area contributed by atoms with Crippen molar-refractivity contribution in [1.29, 1.82) is 0 Å². The number of halogens is 4. The predicted octanol–water partition coefficient (Wildman–Crippen LogP) is 0.294. The van der Waals surface area contributed by atoms with Crippen molar-refractivity contribution >= 4 is 31.9 Å². The summed E-state index contributed by atoms with van der Waals surface area (Å²) in [7, 11) is 0. The van der Waals surface area contributed by atoms with E-state index in [0.717, 1.165) is 6.07 Å². The number of hydrogen-bond acceptors (Lipinski definition) is 0. The van der Waals surface area contributed by atoms with E-state index in [1.807, 2.05) is 0 Å². The molecule has 5 heteroatoms. The standard InChI is InChI=1S/C6HBr2F2.Li/c7-3-1-4(8)6(10)2-5(3)9;/h2H;/q-1;+1. The molecule has 1 aromatic carbocycles. The van der Waals surface area contributed by atoms with E-state index >= 15 is 0 Å². The van der Waals surface area contributed by atoms with Crippen LogP contribution in [-0.4, -0.2) is 0 Å². The molecule has 0 bridgehead atoms. The first-order chi connectivity index (χ1) is 4.61. The maximum atomic E-state index is 12.4. The Bertz CT molecular complexity index is 215. The van der Waals surface area contributed by atoms with Crippen LogP contribution < -0.4 is 18.9 Å². The van der Waals surface area contributed by atoms with Crippen molar-refractivity contribution in [3.05, 3.63) is 32.7 Å². The van der Waals surface area contributed by atoms with Crippen molar-refractivity contribution < 1.29 is 27.6 Å². The topological polar surface area (TPSA) is 0 Å². The van der Waals surface area contributed by atoms with Crippen LogP contribution in [0.2, 0.25) is 0 Å². The zero-order valence-corrected chi connectivity index (χ0v) is 8.76. The zero-order chi connectivity index (χ0) is 7.72. The summed E-state index contributed by atoms with van der Waals surface area (Å²) >= 11 is 5.71. The van der Waals surface area contributed by atoms with E-state index < -0.39 is 11.6 Å². The van der Waals surface area contributed by atoms with E-state index in [1.165, 1.54) is 0 Å². The second kappa shape index (κ2) is 4.61. The normalized spacial score (nSPS) is 9.09. The minimum Gasteiger partial charge on any atom is -0.283 e. The molecule has 0 aliphatic heterocycles. The van der Waals surface area contributed by atoms with Crippen molar-refractivity contribution in [3.8, 4) is 0 Å². The van der Waals surface area contributed by atoms with Crippen molar-refractivity contribution in [2.24, 2.45) is 0 Å². The van der Waals surface area contributed by atoms with Crippen LogP contribution in [0.5, 0.6) is 0 Å². The molecule has 0 atom stereocenters. The predicted molar refractivity (Wildman–Crippen MR) is 40.6 cm³/mol. The maximum Gasteiger partial charge on any atom is 1.00 e. The van der Waals surface area contributed by atoms with Crippen LogP contribution >= 0.6 is 31.9 Å². The molecule has 54 valence electrons. The summed E-state index contributed by atoms with van der Waals surface area (Å²) in [5, 5.41) is 0. The van der Waals surface area contributed by atoms with Gasteiger partial charge in [-0.1, -0.05) is 40.8 Å². The third-order valence-corrected chi connectivity index (χ3v) is 2.05. The summed E-state index contributed by atoms with van der Waals surface area (Å²) in [6, 6.07) is 3.17. The van der Waals surface area contributed by atoms with Crippen molar-refractivity contribution in [1.82, 2.24) is 0 Å². The van der Waals surface area contributed by atoms with Gasteiger partial charge in [-0.05, 0) is 0 Å². The number of benzene rings is 1. The molecular formula is C6HBr2F2Li. The van der Waals surface area contributed by atoms with Crippen LogP contribution in [0.1, 0.15) is 0 Å². The quantitative estimate of drug-likeness (QED) is 0.363. The molecule has 0 radical (unpaired) electrons. The van der Waals surface area contributed by atoms with E-state index in [0.29, 0.717) is 0 Å². The van der Waals surface area contributed by atoms with Crippen LogP contribution in [0.4, 0.5) is 8.78 Å². The summed E-state index contributed by atoms with van der Waals surface area (Å²) in [6.07, 6.45) is 0. The van der Waals surface area contributed by atoms with Gasteiger partial charge in [-0.3, -0.25) is 8.78 Å². The second-order valence-electron chi connectivity index (χ2n) is 1.59. The Morgan fingerprint density at radius 3 is 1.73 bits per heavy atom. The first kappa shape index (κ1) is 11.6. The summed E-state index contributed by atoms with van der Waals surface area (Å²) in [4.78, 5) is 0. The van der Waals surface area contributed by atoms with Gasteiger partial charge in [0, 0.05) is 11.6 Å². The Labute approximate surface area is 91.8 Å². The third kappa shape index (κ3) is 2.87. The first-order valence-corrected chi connectivity index (χ1v) is 3.92. The molecule has 0 N–H and O–H groups in total. The summed E-state index contributed by atoms with van der Waals surface area (Å²) in [5.41, 5.74) is 0. The average Bonchev–Trinajstić information content (AvgIpc) is 1.84. The van der Waals surface area contributed by atoms with Crippen molar-refractivity contribution in [2.45, 2.75) is 0 Å². The molecule has 1 aromatic rings. The van der Waals surface area contributed by atoms with Gasteiger partial charge in [0.25, 0.3) is 0 Å². The molecule has 11 heavy (non-hydrogen) atoms. The largest absolute Gasteiger partial charge is 1.00 e. The minimum atomic E-state index is -0.652. The molecule has 0 amide bonds. The monoisotopic (exact) mass is 276 g/mol. The Balaban J connectivity index is 0.000001000. The molecule has 0 nitrogen and oxygen atoms in total. The number of rotatable bonds is 0. The zero-order valence-electron chi connectivity index (χ0n) is 5.59. The SMILES string of the molecule is Fc1cc(F)c(Br)[c-]c1Br.[Li+]. The van der Waals surface area contributed by atoms with Crippen LogP contribution in [0, 0.1) is 17.7 Å². The summed E-state index contributed by atoms with van der Waals surface area (Å²) in [6.45, 7) is 0. The Morgan fingerprint density at radius 2 is 1.45 bits per heavy atom. The molecular weight excluding hydrogens is 277 g/mol. The van der Waals surface area contributed by atoms with Crippen molar-refractivity contribution in [3.63, 3.8) is 0 Å². The summed E-state index contributed by atoms with van der Waals surface area (Å²) in [5.74, 6) is -1.30. The fourth-order valence-corrected chi connectivity index (χ4v) is 1.35. The van der Waals surface area contributed by atoms with Gasteiger partial charge in [0.15, 0.2) is 0 Å². The molecule has 0 unspecified atom stereocenters. The first-order valence-electron chi connectivity index (χ1n) is 2.33. The Kier molecular flexibility index (Phi) is 4.88. The van der Waals surface area contributed by atoms with E-state index in [2.05, 4.69) is 37.9 Å². The molecule has 1 rings (SSSR count). The van der Waals surface area contributed by atoms with Gasteiger partial charge in [0.05, 0.1) is 0 Å². The minimum absolute atomic E-state index is 0. The van der Waals surface area contributed by atoms with Gasteiger partial charge in [0.1, 0.15) is 0 Å². The summed E-state index contributed by atoms with van der Waals surface area (Å²) < 4.78 is 25.1. The molecule has 0 aliphatic carbocycles. The fraction of sp³-hybridized carbons (Fsp3) is 0. The van der Waals surface area contributed by atoms with Gasteiger partial charge in [-0.2, -0.15) is 0 Å². The fourth-order valence-electron chi connectivity index (χ4n) is 0.454. The molecule has 0 saturated heterocycles. The third-order valence-electron chi connectivity index (χ3n) is 0.892. The number of hydrogen-bond donors (Lipinski definition) is 0. The second-order valence-corrected chi connectivity index (χ2v) is 3.18. The molecule has 0 aromatic heterocycles. The van der Waals surface area contributed by atoms with Crippen LogP contribution in [0.15, 0.2) is 15.0 Å². The molecule has 0 saturated carbocycles. The van der Waals surface area contributed by atoms with Gasteiger partial charge in [0.2, 0.25) is 0 Å². The van der Waals surface area contributed by atoms with E-state index in [4.69, 9.17) is 0 Å². The molecule has 0 spiro atoms. The van der Waals surface area contributed by atoms with E-state index in [9.17, 15) is 8.78 Å². The molecule has 0 aliphatic rings. The molecule has 0 fully saturated rings. The van der Waals surface area contributed by atoms with Gasteiger partial charge in [-0.15, -0.1) is 12.1 Å². The van der Waals surface area contributed by atoms with Crippen molar-refractivity contribution in [2.75, 3.05) is 0 Å². The van der Waals surface area contributed by atoms with Crippen LogP contribution in [0.3, 0.4) is 0 Å². The van der Waals surface area contributed by atoms with Crippen LogP contribution in [-0.2, 0) is 0 Å². The Morgan fingerprint density at radius 1 is 1.09 bits per heavy atom.